The molecule has 100 valence electrons. The third-order valence-corrected chi connectivity index (χ3v) is 2.54. The molecular formula is C13H21N3O2. The monoisotopic (exact) mass is 251 g/mol. The summed E-state index contributed by atoms with van der Waals surface area (Å²) >= 11 is 0. The largest absolute Gasteiger partial charge is 0.372 e. The Balaban J connectivity index is 2.46. The number of nitrogen functional groups attached to an aromatic ring is 1. The minimum absolute atomic E-state index is 0.207. The van der Waals surface area contributed by atoms with Crippen LogP contribution < -0.4 is 11.3 Å². The maximum atomic E-state index is 11.2. The van der Waals surface area contributed by atoms with Gasteiger partial charge < -0.3 is 4.74 Å². The molecule has 1 aromatic rings. The molecule has 0 saturated carbocycles. The molecule has 0 saturated heterocycles. The van der Waals surface area contributed by atoms with Crippen LogP contribution >= 0.6 is 0 Å². The first-order valence-corrected chi connectivity index (χ1v) is 6.10. The minimum Gasteiger partial charge on any atom is -0.372 e. The summed E-state index contributed by atoms with van der Waals surface area (Å²) in [5.74, 6) is 5.30. The van der Waals surface area contributed by atoms with Gasteiger partial charge >= 0.3 is 0 Å². The molecular weight excluding hydrogens is 230 g/mol. The summed E-state index contributed by atoms with van der Waals surface area (Å²) in [6.07, 6.45) is 2.72. The van der Waals surface area contributed by atoms with Crippen molar-refractivity contribution in [2.24, 2.45) is 11.8 Å². The second-order valence-electron chi connectivity index (χ2n) is 4.76. The number of ether oxygens (including phenoxy) is 1. The molecule has 0 fully saturated rings. The number of nitrogens with one attached hydrogen (secondary N) is 1. The predicted octanol–water partition coefficient (Wildman–Crippen LogP) is 1.64. The van der Waals surface area contributed by atoms with Gasteiger partial charge in [0.2, 0.25) is 0 Å². The van der Waals surface area contributed by atoms with Crippen molar-refractivity contribution in [3.63, 3.8) is 0 Å². The summed E-state index contributed by atoms with van der Waals surface area (Å²) in [5.41, 5.74) is 3.31. The third kappa shape index (κ3) is 4.81. The molecule has 3 N–H and O–H groups in total. The molecule has 0 aromatic carbocycles. The molecule has 1 atom stereocenters. The Morgan fingerprint density at radius 1 is 1.44 bits per heavy atom. The minimum atomic E-state index is -0.344. The highest BCUT2D eigenvalue weighted by atomic mass is 16.5. The molecule has 5 heteroatoms. The first-order chi connectivity index (χ1) is 8.52. The maximum absolute atomic E-state index is 11.2. The number of carbonyl (C=O) groups is 1. The van der Waals surface area contributed by atoms with Gasteiger partial charge in [-0.1, -0.05) is 13.8 Å². The summed E-state index contributed by atoms with van der Waals surface area (Å²) in [7, 11) is 0. The number of amides is 1. The van der Waals surface area contributed by atoms with Crippen LogP contribution in [-0.4, -0.2) is 17.0 Å². The summed E-state index contributed by atoms with van der Waals surface area (Å²) in [5, 5.41) is 0. The third-order valence-electron chi connectivity index (χ3n) is 2.54. The van der Waals surface area contributed by atoms with Gasteiger partial charge in [-0.3, -0.25) is 15.2 Å². The SMILES string of the molecule is CC(C)CC(C)OCc1ccc(C(=O)NN)cn1. The average molecular weight is 251 g/mol. The first-order valence-electron chi connectivity index (χ1n) is 6.10. The number of pyridine rings is 1. The maximum Gasteiger partial charge on any atom is 0.266 e. The van der Waals surface area contributed by atoms with Crippen molar-refractivity contribution in [3.8, 4) is 0 Å². The Hall–Kier alpha value is -1.46. The van der Waals surface area contributed by atoms with Gasteiger partial charge in [0.15, 0.2) is 0 Å². The average Bonchev–Trinajstić information content (AvgIpc) is 2.35. The van der Waals surface area contributed by atoms with E-state index in [0.29, 0.717) is 18.1 Å². The van der Waals surface area contributed by atoms with Gasteiger partial charge in [-0.05, 0) is 31.4 Å². The fourth-order valence-corrected chi connectivity index (χ4v) is 1.69. The fraction of sp³-hybridized carbons (Fsp3) is 0.538. The summed E-state index contributed by atoms with van der Waals surface area (Å²) in [4.78, 5) is 15.4. The van der Waals surface area contributed by atoms with Crippen molar-refractivity contribution < 1.29 is 9.53 Å². The molecule has 1 aromatic heterocycles. The van der Waals surface area contributed by atoms with Crippen molar-refractivity contribution in [1.82, 2.24) is 10.4 Å². The Bertz CT molecular complexity index is 376. The lowest BCUT2D eigenvalue weighted by Crippen LogP contribution is -2.30. The Labute approximate surface area is 108 Å². The molecule has 0 bridgehead atoms. The number of nitrogens with two attached hydrogens (primary N) is 1. The van der Waals surface area contributed by atoms with Crippen molar-refractivity contribution in [2.45, 2.75) is 39.9 Å². The summed E-state index contributed by atoms with van der Waals surface area (Å²) in [6, 6.07) is 3.45. The van der Waals surface area contributed by atoms with Crippen LogP contribution in [-0.2, 0) is 11.3 Å². The molecule has 0 aliphatic carbocycles. The Kier molecular flexibility index (Phi) is 5.74. The quantitative estimate of drug-likeness (QED) is 0.458. The topological polar surface area (TPSA) is 77.2 Å². The first kappa shape index (κ1) is 14.6. The van der Waals surface area contributed by atoms with E-state index in [0.717, 1.165) is 12.1 Å². The number of nitrogens with zero attached hydrogens (tertiary/aromatic N) is 1. The van der Waals surface area contributed by atoms with E-state index in [1.165, 1.54) is 6.20 Å². The summed E-state index contributed by atoms with van der Waals surface area (Å²) in [6.45, 7) is 6.84. The Morgan fingerprint density at radius 2 is 2.17 bits per heavy atom. The van der Waals surface area contributed by atoms with Crippen LogP contribution in [0.5, 0.6) is 0 Å². The summed E-state index contributed by atoms with van der Waals surface area (Å²) < 4.78 is 5.68. The molecule has 5 nitrogen and oxygen atoms in total. The van der Waals surface area contributed by atoms with E-state index in [1.807, 2.05) is 0 Å². The van der Waals surface area contributed by atoms with Crippen LogP contribution in [0.2, 0.25) is 0 Å². The van der Waals surface area contributed by atoms with Gasteiger partial charge in [0.05, 0.1) is 24.0 Å². The molecule has 0 aliphatic heterocycles. The zero-order valence-corrected chi connectivity index (χ0v) is 11.1. The highest BCUT2D eigenvalue weighted by Crippen LogP contribution is 2.10. The molecule has 1 rings (SSSR count). The lowest BCUT2D eigenvalue weighted by atomic mass is 10.1. The van der Waals surface area contributed by atoms with E-state index >= 15 is 0 Å². The van der Waals surface area contributed by atoms with Crippen molar-refractivity contribution in [1.29, 1.82) is 0 Å². The lowest BCUT2D eigenvalue weighted by Gasteiger charge is -2.14. The van der Waals surface area contributed by atoms with E-state index in [2.05, 4.69) is 31.2 Å². The number of hydrogen-bond acceptors (Lipinski definition) is 4. The van der Waals surface area contributed by atoms with Gasteiger partial charge in [-0.25, -0.2) is 5.84 Å². The second kappa shape index (κ2) is 7.08. The number of aromatic nitrogens is 1. The van der Waals surface area contributed by atoms with Crippen LogP contribution in [0.1, 0.15) is 43.2 Å². The van der Waals surface area contributed by atoms with E-state index < -0.39 is 0 Å². The van der Waals surface area contributed by atoms with E-state index in [1.54, 1.807) is 12.1 Å². The molecule has 1 unspecified atom stereocenters. The predicted molar refractivity (Wildman–Crippen MR) is 69.6 cm³/mol. The highest BCUT2D eigenvalue weighted by Gasteiger charge is 2.07. The number of rotatable bonds is 6. The van der Waals surface area contributed by atoms with E-state index in [-0.39, 0.29) is 12.0 Å². The van der Waals surface area contributed by atoms with Crippen molar-refractivity contribution in [3.05, 3.63) is 29.6 Å². The molecule has 0 radical (unpaired) electrons. The Morgan fingerprint density at radius 3 is 2.67 bits per heavy atom. The van der Waals surface area contributed by atoms with Crippen LogP contribution in [0.3, 0.4) is 0 Å². The fourth-order valence-electron chi connectivity index (χ4n) is 1.69. The highest BCUT2D eigenvalue weighted by molar-refractivity contribution is 5.93. The number of hydrazine groups is 1. The van der Waals surface area contributed by atoms with Gasteiger partial charge in [0.25, 0.3) is 5.91 Å². The van der Waals surface area contributed by atoms with Crippen LogP contribution in [0.15, 0.2) is 18.3 Å². The van der Waals surface area contributed by atoms with Crippen LogP contribution in [0.4, 0.5) is 0 Å². The number of carbonyl (C=O) groups excluding carboxylic acids is 1. The van der Waals surface area contributed by atoms with Crippen molar-refractivity contribution >= 4 is 5.91 Å². The lowest BCUT2D eigenvalue weighted by molar-refractivity contribution is 0.0378. The van der Waals surface area contributed by atoms with Crippen LogP contribution in [0.25, 0.3) is 0 Å². The van der Waals surface area contributed by atoms with E-state index in [9.17, 15) is 4.79 Å². The number of hydrogen-bond donors (Lipinski definition) is 2. The smallest absolute Gasteiger partial charge is 0.266 e. The standard InChI is InChI=1S/C13H21N3O2/c1-9(2)6-10(3)18-8-12-5-4-11(7-15-12)13(17)16-14/h4-5,7,9-10H,6,8,14H2,1-3H3,(H,16,17). The zero-order chi connectivity index (χ0) is 13.5. The zero-order valence-electron chi connectivity index (χ0n) is 11.1. The molecule has 18 heavy (non-hydrogen) atoms. The second-order valence-corrected chi connectivity index (χ2v) is 4.76. The van der Waals surface area contributed by atoms with Gasteiger partial charge in [-0.15, -0.1) is 0 Å². The van der Waals surface area contributed by atoms with E-state index in [4.69, 9.17) is 10.6 Å². The van der Waals surface area contributed by atoms with Crippen molar-refractivity contribution in [2.75, 3.05) is 0 Å². The van der Waals surface area contributed by atoms with Gasteiger partial charge in [0.1, 0.15) is 0 Å². The normalized spacial score (nSPS) is 12.5. The molecule has 0 spiro atoms. The van der Waals surface area contributed by atoms with Gasteiger partial charge in [-0.2, -0.15) is 0 Å². The molecule has 1 heterocycles. The van der Waals surface area contributed by atoms with Crippen LogP contribution in [0, 0.1) is 5.92 Å². The van der Waals surface area contributed by atoms with Gasteiger partial charge in [0, 0.05) is 6.20 Å². The molecule has 1 amide bonds. The molecule has 0 aliphatic rings.